The first-order valence-electron chi connectivity index (χ1n) is 24.0. The van der Waals surface area contributed by atoms with Crippen LogP contribution in [0, 0.1) is 0 Å². The van der Waals surface area contributed by atoms with Gasteiger partial charge in [-0.25, -0.2) is 0 Å². The lowest BCUT2D eigenvalue weighted by molar-refractivity contribution is -0.140. The smallest absolute Gasteiger partial charge is 0.305 e. The van der Waals surface area contributed by atoms with Gasteiger partial charge in [0.1, 0.15) is 13.2 Å². The minimum atomic E-state index is -0.288. The molecule has 0 saturated heterocycles. The second-order valence-electron chi connectivity index (χ2n) is 17.9. The van der Waals surface area contributed by atoms with Crippen LogP contribution in [-0.4, -0.2) is 124 Å². The van der Waals surface area contributed by atoms with Gasteiger partial charge in [-0.3, -0.25) is 24.3 Å². The van der Waals surface area contributed by atoms with Crippen LogP contribution in [-0.2, 0) is 49.8 Å². The zero-order chi connectivity index (χ0) is 49.4. The Morgan fingerprint density at radius 2 is 1.28 bits per heavy atom. The van der Waals surface area contributed by atoms with E-state index in [1.165, 1.54) is 7.11 Å². The van der Waals surface area contributed by atoms with Gasteiger partial charge in [-0.1, -0.05) is 36.4 Å². The summed E-state index contributed by atoms with van der Waals surface area (Å²) in [6, 6.07) is 29.1. The molecule has 0 fully saturated rings. The summed E-state index contributed by atoms with van der Waals surface area (Å²) in [5, 5.41) is 0. The van der Waals surface area contributed by atoms with Crippen molar-refractivity contribution in [1.29, 1.82) is 0 Å². The Morgan fingerprint density at radius 3 is 1.97 bits per heavy atom. The summed E-state index contributed by atoms with van der Waals surface area (Å²) in [4.78, 5) is 53.5. The average Bonchev–Trinajstić information content (AvgIpc) is 3.89. The second kappa shape index (κ2) is 22.3. The van der Waals surface area contributed by atoms with E-state index in [2.05, 4.69) is 21.9 Å². The maximum absolute atomic E-state index is 14.3. The summed E-state index contributed by atoms with van der Waals surface area (Å²) < 4.78 is 46.6. The van der Waals surface area contributed by atoms with Crippen LogP contribution in [0.25, 0.3) is 0 Å². The number of esters is 1. The molecule has 2 atom stereocenters. The summed E-state index contributed by atoms with van der Waals surface area (Å²) >= 11 is 0. The van der Waals surface area contributed by atoms with E-state index in [1.54, 1.807) is 44.4 Å². The van der Waals surface area contributed by atoms with E-state index in [0.717, 1.165) is 51.4 Å². The average molecular weight is 968 g/mol. The first kappa shape index (κ1) is 48.9. The Labute approximate surface area is 414 Å². The van der Waals surface area contributed by atoms with Crippen LogP contribution in [0.2, 0.25) is 0 Å². The molecular formula is C55H61N5O11. The lowest BCUT2D eigenvalue weighted by Crippen LogP contribution is -2.41. The molecule has 0 aromatic heterocycles. The molecule has 1 unspecified atom stereocenters. The molecule has 71 heavy (non-hydrogen) atoms. The molecule has 4 aliphatic heterocycles. The zero-order valence-corrected chi connectivity index (χ0v) is 41.0. The number of hydrogen-bond acceptors (Lipinski definition) is 14. The molecule has 0 N–H and O–H groups in total. The maximum Gasteiger partial charge on any atom is 0.305 e. The minimum absolute atomic E-state index is 0.0110. The number of rotatable bonds is 22. The van der Waals surface area contributed by atoms with Gasteiger partial charge in [0.25, 0.3) is 11.8 Å². The summed E-state index contributed by atoms with van der Waals surface area (Å²) in [6.07, 6.45) is 4.08. The van der Waals surface area contributed by atoms with E-state index in [9.17, 15) is 14.4 Å². The summed E-state index contributed by atoms with van der Waals surface area (Å²) in [5.41, 5.74) is 8.81. The number of hydrogen-bond donors (Lipinski definition) is 0. The van der Waals surface area contributed by atoms with Crippen molar-refractivity contribution in [3.63, 3.8) is 0 Å². The molecule has 0 bridgehead atoms. The number of carbonyl (C=O) groups excluding carboxylic acids is 3. The number of nitrogens with zero attached hydrogens (tertiary/aromatic N) is 5. The molecule has 0 spiro atoms. The first-order chi connectivity index (χ1) is 34.7. The molecule has 16 nitrogen and oxygen atoms in total. The molecule has 4 heterocycles. The lowest BCUT2D eigenvalue weighted by Gasteiger charge is -2.26. The molecule has 5 aromatic rings. The SMILES string of the molecule is COCCOCCOCCN(CCCC(=O)OC)c1cc(COc2cc3c(cc2OC)C(=O)N2c4ccccc4CC2C=N3)cc(COc2cc3c(cc2OC)C(=O)N2c4ccccc4C[C@H]2CN3C)c1. The van der Waals surface area contributed by atoms with Crippen LogP contribution < -0.4 is 38.5 Å². The molecule has 0 radical (unpaired) electrons. The van der Waals surface area contributed by atoms with Crippen molar-refractivity contribution in [1.82, 2.24) is 0 Å². The molecule has 0 saturated carbocycles. The standard InChI is InChI=1S/C55H61N5O11/c1-57-33-42-27-39-12-7-9-14-47(39)60(42)55(63)44-29-50(66-4)52(31-48(44)57)71-35-37-23-36(24-40(25-37)58(16-10-15-53(61)67-5)17-18-68-21-22-69-20-19-64-2)34-70-51-30-45-43(28-49(51)65-3)54(62)59-41(32-56-45)26-38-11-6-8-13-46(38)59/h6-9,11-14,23-25,28-32,41-42H,10,15-22,26-27,33-35H2,1-5H3/t41?,42-/m0/s1. The van der Waals surface area contributed by atoms with Crippen LogP contribution in [0.15, 0.2) is 96.0 Å². The van der Waals surface area contributed by atoms with E-state index in [0.29, 0.717) is 105 Å². The third-order valence-electron chi connectivity index (χ3n) is 13.4. The number of fused-ring (bicyclic) bond motifs is 8. The molecule has 0 aliphatic carbocycles. The van der Waals surface area contributed by atoms with Crippen molar-refractivity contribution in [2.24, 2.45) is 4.99 Å². The molecular weight excluding hydrogens is 907 g/mol. The topological polar surface area (TPSA) is 150 Å². The molecule has 9 rings (SSSR count). The van der Waals surface area contributed by atoms with Gasteiger partial charge >= 0.3 is 5.97 Å². The van der Waals surface area contributed by atoms with Crippen LogP contribution in [0.3, 0.4) is 0 Å². The Morgan fingerprint density at radius 1 is 0.662 bits per heavy atom. The largest absolute Gasteiger partial charge is 0.493 e. The minimum Gasteiger partial charge on any atom is -0.493 e. The number of para-hydroxylation sites is 2. The number of benzene rings is 5. The Hall–Kier alpha value is -7.14. The number of methoxy groups -OCH3 is 4. The van der Waals surface area contributed by atoms with Crippen molar-refractivity contribution in [2.45, 2.75) is 51.0 Å². The van der Waals surface area contributed by atoms with Crippen LogP contribution >= 0.6 is 0 Å². The predicted molar refractivity (Wildman–Crippen MR) is 271 cm³/mol. The Balaban J connectivity index is 0.998. The molecule has 2 amide bonds. The van der Waals surface area contributed by atoms with Crippen molar-refractivity contribution in [2.75, 3.05) is 108 Å². The first-order valence-corrected chi connectivity index (χ1v) is 24.0. The summed E-state index contributed by atoms with van der Waals surface area (Å²) in [5.74, 6) is 1.23. The molecule has 16 heteroatoms. The Kier molecular flexibility index (Phi) is 15.3. The van der Waals surface area contributed by atoms with Gasteiger partial charge in [0, 0.05) is 82.0 Å². The Bertz CT molecular complexity index is 2780. The van der Waals surface area contributed by atoms with Gasteiger partial charge in [0.2, 0.25) is 0 Å². The normalized spacial score (nSPS) is 16.3. The lowest BCUT2D eigenvalue weighted by atomic mass is 10.1. The molecule has 5 aromatic carbocycles. The van der Waals surface area contributed by atoms with Crippen molar-refractivity contribution >= 4 is 52.4 Å². The quantitative estimate of drug-likeness (QED) is 0.0495. The molecule has 4 aliphatic rings. The summed E-state index contributed by atoms with van der Waals surface area (Å²) in [7, 11) is 8.15. The number of likely N-dealkylation sites (N-methyl/N-ethyl adjacent to an activating group) is 1. The van der Waals surface area contributed by atoms with Gasteiger partial charge < -0.3 is 52.6 Å². The highest BCUT2D eigenvalue weighted by Crippen LogP contribution is 2.44. The monoisotopic (exact) mass is 967 g/mol. The van der Waals surface area contributed by atoms with Crippen molar-refractivity contribution in [3.8, 4) is 23.0 Å². The third kappa shape index (κ3) is 10.6. The number of carbonyl (C=O) groups is 3. The highest BCUT2D eigenvalue weighted by Gasteiger charge is 2.40. The predicted octanol–water partition coefficient (Wildman–Crippen LogP) is 7.61. The highest BCUT2D eigenvalue weighted by atomic mass is 16.5. The van der Waals surface area contributed by atoms with E-state index in [1.807, 2.05) is 78.8 Å². The van der Waals surface area contributed by atoms with Crippen LogP contribution in [0.4, 0.5) is 28.4 Å². The van der Waals surface area contributed by atoms with Gasteiger partial charge in [0.05, 0.1) is 88.9 Å². The van der Waals surface area contributed by atoms with E-state index >= 15 is 0 Å². The number of amides is 2. The van der Waals surface area contributed by atoms with Gasteiger partial charge in [-0.15, -0.1) is 0 Å². The van der Waals surface area contributed by atoms with E-state index in [4.69, 9.17) is 42.9 Å². The van der Waals surface area contributed by atoms with E-state index < -0.39 is 0 Å². The zero-order valence-electron chi connectivity index (χ0n) is 41.0. The number of aliphatic imine (C=N–C) groups is 1. The number of anilines is 4. The highest BCUT2D eigenvalue weighted by molar-refractivity contribution is 6.15. The fraction of sp³-hybridized carbons (Fsp3) is 0.382. The summed E-state index contributed by atoms with van der Waals surface area (Å²) in [6.45, 7) is 4.18. The fourth-order valence-electron chi connectivity index (χ4n) is 9.86. The van der Waals surface area contributed by atoms with Crippen LogP contribution in [0.5, 0.6) is 23.0 Å². The number of ether oxygens (including phenoxy) is 8. The third-order valence-corrected chi connectivity index (χ3v) is 13.4. The van der Waals surface area contributed by atoms with Gasteiger partial charge in [0.15, 0.2) is 23.0 Å². The van der Waals surface area contributed by atoms with Gasteiger partial charge in [-0.2, -0.15) is 0 Å². The van der Waals surface area contributed by atoms with E-state index in [-0.39, 0.29) is 49.5 Å². The van der Waals surface area contributed by atoms with Crippen molar-refractivity contribution in [3.05, 3.63) is 124 Å². The second-order valence-corrected chi connectivity index (χ2v) is 17.9. The van der Waals surface area contributed by atoms with Gasteiger partial charge in [-0.05, 0) is 77.6 Å². The maximum atomic E-state index is 14.3. The fourth-order valence-corrected chi connectivity index (χ4v) is 9.86. The van der Waals surface area contributed by atoms with Crippen molar-refractivity contribution < 1.29 is 52.3 Å². The van der Waals surface area contributed by atoms with Crippen LogP contribution in [0.1, 0.15) is 55.8 Å². The molecule has 372 valence electrons.